The van der Waals surface area contributed by atoms with Crippen molar-refractivity contribution < 1.29 is 19.1 Å². The predicted molar refractivity (Wildman–Crippen MR) is 90.6 cm³/mol. The SMILES string of the molecule is Cc1ccsc1C(=O)OCC(=O)O[C@H]1C[C@H](C)CC[C@@H]1C(C)C. The number of esters is 2. The number of ether oxygens (including phenoxy) is 2. The van der Waals surface area contributed by atoms with Gasteiger partial charge in [0.25, 0.3) is 0 Å². The Morgan fingerprint density at radius 2 is 2.09 bits per heavy atom. The number of hydrogen-bond acceptors (Lipinski definition) is 5. The second-order valence-electron chi connectivity index (χ2n) is 6.86. The Morgan fingerprint density at radius 3 is 2.70 bits per heavy atom. The molecule has 23 heavy (non-hydrogen) atoms. The summed E-state index contributed by atoms with van der Waals surface area (Å²) in [5.74, 6) is 0.547. The van der Waals surface area contributed by atoms with Gasteiger partial charge in [-0.05, 0) is 54.5 Å². The van der Waals surface area contributed by atoms with Crippen molar-refractivity contribution >= 4 is 23.3 Å². The van der Waals surface area contributed by atoms with Crippen LogP contribution in [0.2, 0.25) is 0 Å². The van der Waals surface area contributed by atoms with E-state index in [2.05, 4.69) is 20.8 Å². The zero-order chi connectivity index (χ0) is 17.0. The zero-order valence-electron chi connectivity index (χ0n) is 14.3. The summed E-state index contributed by atoms with van der Waals surface area (Å²) in [5, 5.41) is 1.83. The number of rotatable bonds is 5. The molecule has 0 radical (unpaired) electrons. The van der Waals surface area contributed by atoms with Gasteiger partial charge in [0, 0.05) is 0 Å². The van der Waals surface area contributed by atoms with E-state index in [-0.39, 0.29) is 12.7 Å². The lowest BCUT2D eigenvalue weighted by molar-refractivity contribution is -0.159. The molecule has 5 heteroatoms. The van der Waals surface area contributed by atoms with Crippen LogP contribution in [-0.2, 0) is 14.3 Å². The average molecular weight is 338 g/mol. The number of hydrogen-bond donors (Lipinski definition) is 0. The van der Waals surface area contributed by atoms with Gasteiger partial charge in [-0.1, -0.05) is 27.2 Å². The highest BCUT2D eigenvalue weighted by molar-refractivity contribution is 7.12. The highest BCUT2D eigenvalue weighted by atomic mass is 32.1. The molecule has 1 fully saturated rings. The van der Waals surface area contributed by atoms with Crippen molar-refractivity contribution in [1.29, 1.82) is 0 Å². The van der Waals surface area contributed by atoms with E-state index in [1.54, 1.807) is 0 Å². The van der Waals surface area contributed by atoms with E-state index >= 15 is 0 Å². The van der Waals surface area contributed by atoms with Crippen molar-refractivity contribution in [3.8, 4) is 0 Å². The Balaban J connectivity index is 1.85. The fourth-order valence-corrected chi connectivity index (χ4v) is 4.04. The summed E-state index contributed by atoms with van der Waals surface area (Å²) >= 11 is 1.32. The van der Waals surface area contributed by atoms with Crippen molar-refractivity contribution in [1.82, 2.24) is 0 Å². The summed E-state index contributed by atoms with van der Waals surface area (Å²) in [7, 11) is 0. The highest BCUT2D eigenvalue weighted by Gasteiger charge is 2.33. The van der Waals surface area contributed by atoms with E-state index in [0.717, 1.165) is 18.4 Å². The van der Waals surface area contributed by atoms with Crippen LogP contribution in [0.1, 0.15) is 55.3 Å². The van der Waals surface area contributed by atoms with Gasteiger partial charge < -0.3 is 9.47 Å². The van der Waals surface area contributed by atoms with Crippen LogP contribution < -0.4 is 0 Å². The van der Waals surface area contributed by atoms with Crippen molar-refractivity contribution in [3.63, 3.8) is 0 Å². The molecule has 1 aliphatic rings. The Bertz CT molecular complexity index is 549. The molecule has 1 heterocycles. The predicted octanol–water partition coefficient (Wildman–Crippen LogP) is 4.22. The maximum atomic E-state index is 12.0. The zero-order valence-corrected chi connectivity index (χ0v) is 15.2. The molecule has 1 saturated carbocycles. The molecule has 0 amide bonds. The molecule has 1 aromatic heterocycles. The summed E-state index contributed by atoms with van der Waals surface area (Å²) in [6, 6.07) is 1.86. The van der Waals surface area contributed by atoms with Crippen molar-refractivity contribution in [2.24, 2.45) is 17.8 Å². The largest absolute Gasteiger partial charge is 0.460 e. The second kappa shape index (κ2) is 7.95. The van der Waals surface area contributed by atoms with Crippen molar-refractivity contribution in [2.75, 3.05) is 6.61 Å². The maximum Gasteiger partial charge on any atom is 0.349 e. The minimum absolute atomic E-state index is 0.0616. The lowest BCUT2D eigenvalue weighted by Gasteiger charge is -2.36. The Labute approximate surface area is 142 Å². The molecule has 2 rings (SSSR count). The smallest absolute Gasteiger partial charge is 0.349 e. The van der Waals surface area contributed by atoms with Crippen LogP contribution in [0, 0.1) is 24.7 Å². The summed E-state index contributed by atoms with van der Waals surface area (Å²) in [4.78, 5) is 24.5. The van der Waals surface area contributed by atoms with Gasteiger partial charge >= 0.3 is 11.9 Å². The Morgan fingerprint density at radius 1 is 1.35 bits per heavy atom. The quantitative estimate of drug-likeness (QED) is 0.754. The van der Waals surface area contributed by atoms with Crippen LogP contribution >= 0.6 is 11.3 Å². The third kappa shape index (κ3) is 4.80. The van der Waals surface area contributed by atoms with E-state index in [4.69, 9.17) is 9.47 Å². The van der Waals surface area contributed by atoms with Gasteiger partial charge in [-0.15, -0.1) is 11.3 Å². The third-order valence-electron chi connectivity index (χ3n) is 4.61. The first-order valence-corrected chi connectivity index (χ1v) is 9.17. The van der Waals surface area contributed by atoms with E-state index < -0.39 is 11.9 Å². The Kier molecular flexibility index (Phi) is 6.22. The van der Waals surface area contributed by atoms with E-state index in [1.165, 1.54) is 17.8 Å². The molecular weight excluding hydrogens is 312 g/mol. The summed E-state index contributed by atoms with van der Waals surface area (Å²) < 4.78 is 10.7. The lowest BCUT2D eigenvalue weighted by atomic mass is 9.75. The van der Waals surface area contributed by atoms with E-state index in [1.807, 2.05) is 18.4 Å². The summed E-state index contributed by atoms with van der Waals surface area (Å²) in [6.45, 7) is 8.06. The molecule has 1 aromatic rings. The van der Waals surface area contributed by atoms with Crippen molar-refractivity contribution in [3.05, 3.63) is 21.9 Å². The molecular formula is C18H26O4S. The van der Waals surface area contributed by atoms with Crippen LogP contribution in [0.4, 0.5) is 0 Å². The fraction of sp³-hybridized carbons (Fsp3) is 0.667. The van der Waals surface area contributed by atoms with Crippen LogP contribution in [0.5, 0.6) is 0 Å². The van der Waals surface area contributed by atoms with Gasteiger partial charge in [0.05, 0.1) is 0 Å². The van der Waals surface area contributed by atoms with Crippen LogP contribution in [0.3, 0.4) is 0 Å². The second-order valence-corrected chi connectivity index (χ2v) is 7.78. The molecule has 0 bridgehead atoms. The van der Waals surface area contributed by atoms with E-state index in [9.17, 15) is 9.59 Å². The lowest BCUT2D eigenvalue weighted by Crippen LogP contribution is -2.36. The maximum absolute atomic E-state index is 12.0. The Hall–Kier alpha value is -1.36. The monoisotopic (exact) mass is 338 g/mol. The molecule has 1 aliphatic carbocycles. The molecule has 0 N–H and O–H groups in total. The number of aryl methyl sites for hydroxylation is 1. The molecule has 0 spiro atoms. The molecule has 0 unspecified atom stereocenters. The molecule has 4 nitrogen and oxygen atoms in total. The van der Waals surface area contributed by atoms with Gasteiger partial charge in [0.1, 0.15) is 11.0 Å². The standard InChI is InChI=1S/C18H26O4S/c1-11(2)14-6-5-12(3)9-15(14)22-16(19)10-21-18(20)17-13(4)7-8-23-17/h7-8,11-12,14-15H,5-6,9-10H2,1-4H3/t12-,14-,15+/m1/s1. The van der Waals surface area contributed by atoms with Crippen molar-refractivity contribution in [2.45, 2.75) is 53.1 Å². The molecule has 0 aromatic carbocycles. The van der Waals surface area contributed by atoms with Gasteiger partial charge in [0.2, 0.25) is 0 Å². The minimum atomic E-state index is -0.452. The first kappa shape index (κ1) is 18.0. The van der Waals surface area contributed by atoms with Crippen LogP contribution in [-0.4, -0.2) is 24.6 Å². The average Bonchev–Trinajstić information content (AvgIpc) is 2.90. The van der Waals surface area contributed by atoms with Gasteiger partial charge in [-0.2, -0.15) is 0 Å². The third-order valence-corrected chi connectivity index (χ3v) is 5.61. The molecule has 0 aliphatic heterocycles. The van der Waals surface area contributed by atoms with E-state index in [0.29, 0.717) is 22.6 Å². The summed E-state index contributed by atoms with van der Waals surface area (Å²) in [5.41, 5.74) is 0.870. The number of carbonyl (C=O) groups excluding carboxylic acids is 2. The van der Waals surface area contributed by atoms with Gasteiger partial charge in [-0.25, -0.2) is 9.59 Å². The highest BCUT2D eigenvalue weighted by Crippen LogP contribution is 2.35. The normalized spacial score (nSPS) is 24.5. The number of thiophene rings is 1. The number of carbonyl (C=O) groups is 2. The molecule has 128 valence electrons. The first-order valence-electron chi connectivity index (χ1n) is 8.29. The van der Waals surface area contributed by atoms with Gasteiger partial charge in [-0.3, -0.25) is 0 Å². The molecule has 3 atom stereocenters. The summed E-state index contributed by atoms with van der Waals surface area (Å²) in [6.07, 6.45) is 3.11. The first-order chi connectivity index (χ1) is 10.9. The van der Waals surface area contributed by atoms with Crippen LogP contribution in [0.15, 0.2) is 11.4 Å². The fourth-order valence-electron chi connectivity index (χ4n) is 3.22. The van der Waals surface area contributed by atoms with Gasteiger partial charge in [0.15, 0.2) is 6.61 Å². The topological polar surface area (TPSA) is 52.6 Å². The minimum Gasteiger partial charge on any atom is -0.460 e. The van der Waals surface area contributed by atoms with Crippen LogP contribution in [0.25, 0.3) is 0 Å². The molecule has 0 saturated heterocycles.